The predicted molar refractivity (Wildman–Crippen MR) is 156 cm³/mol. The fourth-order valence-corrected chi connectivity index (χ4v) is 7.68. The van der Waals surface area contributed by atoms with Crippen LogP contribution in [0.25, 0.3) is 5.65 Å². The second kappa shape index (κ2) is 10.1. The fraction of sp³-hybridized carbons (Fsp3) is 0.407. The molecule has 1 aliphatic carbocycles. The number of halogens is 1. The number of nitrogen functional groups attached to an aromatic ring is 1. The SMILES string of the molecule is CC(C)(C)[S+]([O-])N[C@@H]1c2ccccc2CC12CCN(c1ncc(Sc3ccnc(N)c3Cl)c3nncn13)CC2. The second-order valence-corrected chi connectivity index (χ2v) is 14.7. The topological polar surface area (TPSA) is 120 Å². The highest BCUT2D eigenvalue weighted by Crippen LogP contribution is 2.53. The van der Waals surface area contributed by atoms with Crippen molar-refractivity contribution in [1.82, 2.24) is 29.3 Å². The van der Waals surface area contributed by atoms with Gasteiger partial charge in [0.2, 0.25) is 5.95 Å². The molecule has 3 aromatic heterocycles. The van der Waals surface area contributed by atoms with Gasteiger partial charge in [0, 0.05) is 47.2 Å². The zero-order valence-corrected chi connectivity index (χ0v) is 24.5. The summed E-state index contributed by atoms with van der Waals surface area (Å²) in [4.78, 5) is 12.8. The maximum atomic E-state index is 13.2. The van der Waals surface area contributed by atoms with Crippen LogP contribution in [-0.4, -0.2) is 47.0 Å². The number of nitrogens with two attached hydrogens (primary N) is 1. The van der Waals surface area contributed by atoms with Crippen LogP contribution in [-0.2, 0) is 17.8 Å². The largest absolute Gasteiger partial charge is 0.598 e. The highest BCUT2D eigenvalue weighted by atomic mass is 35.5. The third-order valence-corrected chi connectivity index (χ3v) is 10.9. The van der Waals surface area contributed by atoms with Gasteiger partial charge >= 0.3 is 0 Å². The summed E-state index contributed by atoms with van der Waals surface area (Å²) in [6, 6.07) is 10.5. The minimum atomic E-state index is -1.16. The van der Waals surface area contributed by atoms with Gasteiger partial charge < -0.3 is 15.2 Å². The Morgan fingerprint density at radius 2 is 1.92 bits per heavy atom. The molecular weight excluding hydrogens is 552 g/mol. The normalized spacial score (nSPS) is 19.5. The van der Waals surface area contributed by atoms with Crippen LogP contribution in [0.5, 0.6) is 0 Å². The van der Waals surface area contributed by atoms with Gasteiger partial charge in [0.25, 0.3) is 0 Å². The third-order valence-electron chi connectivity index (χ3n) is 7.73. The fourth-order valence-electron chi connectivity index (χ4n) is 5.61. The standard InChI is InChI=1S/C27H31ClN8OS2/c1-26(2,3)39(37)34-22-18-7-5-4-6-17(18)14-27(22)9-12-35(13-10-27)25-31-15-20(24-33-32-16-36(24)25)38-19-8-11-30-23(29)21(19)28/h4-8,11,15-16,22,34H,9-10,12-14H2,1-3H3,(H2,29,30)/t22-,39?/m1/s1. The lowest BCUT2D eigenvalue weighted by molar-refractivity contribution is 0.175. The third kappa shape index (κ3) is 4.84. The molecule has 12 heteroatoms. The van der Waals surface area contributed by atoms with E-state index < -0.39 is 11.4 Å². The van der Waals surface area contributed by atoms with Gasteiger partial charge in [-0.15, -0.1) is 14.9 Å². The molecule has 1 unspecified atom stereocenters. The number of benzene rings is 1. The van der Waals surface area contributed by atoms with E-state index in [1.807, 2.05) is 37.4 Å². The zero-order chi connectivity index (χ0) is 27.4. The molecule has 39 heavy (non-hydrogen) atoms. The molecule has 1 aliphatic heterocycles. The van der Waals surface area contributed by atoms with Gasteiger partial charge in [-0.3, -0.25) is 0 Å². The molecule has 3 N–H and O–H groups in total. The average molecular weight is 583 g/mol. The van der Waals surface area contributed by atoms with Crippen molar-refractivity contribution in [2.45, 2.75) is 60.6 Å². The van der Waals surface area contributed by atoms with Crippen molar-refractivity contribution in [1.29, 1.82) is 0 Å². The lowest BCUT2D eigenvalue weighted by Gasteiger charge is -2.44. The minimum absolute atomic E-state index is 0.00121. The summed E-state index contributed by atoms with van der Waals surface area (Å²) in [5, 5.41) is 8.98. The van der Waals surface area contributed by atoms with Crippen LogP contribution in [0.2, 0.25) is 5.02 Å². The van der Waals surface area contributed by atoms with Gasteiger partial charge in [-0.2, -0.15) is 0 Å². The van der Waals surface area contributed by atoms with E-state index in [2.05, 4.69) is 49.1 Å². The number of aromatic nitrogens is 5. The Morgan fingerprint density at radius 1 is 1.15 bits per heavy atom. The number of hydrogen-bond donors (Lipinski definition) is 2. The summed E-state index contributed by atoms with van der Waals surface area (Å²) in [5.74, 6) is 1.10. The monoisotopic (exact) mass is 582 g/mol. The highest BCUT2D eigenvalue weighted by Gasteiger charge is 2.50. The summed E-state index contributed by atoms with van der Waals surface area (Å²) in [6.07, 6.45) is 8.05. The van der Waals surface area contributed by atoms with E-state index in [4.69, 9.17) is 22.3 Å². The number of rotatable bonds is 5. The summed E-state index contributed by atoms with van der Waals surface area (Å²) < 4.78 is 18.3. The first-order valence-electron chi connectivity index (χ1n) is 12.9. The van der Waals surface area contributed by atoms with E-state index in [0.29, 0.717) is 16.5 Å². The first kappa shape index (κ1) is 26.6. The number of nitrogens with zero attached hydrogens (tertiary/aromatic N) is 6. The van der Waals surface area contributed by atoms with Crippen LogP contribution in [0.15, 0.2) is 58.8 Å². The summed E-state index contributed by atoms with van der Waals surface area (Å²) in [7, 11) is 0. The van der Waals surface area contributed by atoms with Crippen molar-refractivity contribution >= 4 is 52.1 Å². The lowest BCUT2D eigenvalue weighted by Crippen LogP contribution is -2.50. The molecule has 9 nitrogen and oxygen atoms in total. The minimum Gasteiger partial charge on any atom is -0.598 e. The highest BCUT2D eigenvalue weighted by molar-refractivity contribution is 7.99. The number of fused-ring (bicyclic) bond motifs is 2. The average Bonchev–Trinajstić information content (AvgIpc) is 3.51. The van der Waals surface area contributed by atoms with Crippen LogP contribution in [0, 0.1) is 5.41 Å². The molecule has 4 aromatic rings. The molecule has 0 bridgehead atoms. The summed E-state index contributed by atoms with van der Waals surface area (Å²) in [6.45, 7) is 7.70. The van der Waals surface area contributed by atoms with E-state index >= 15 is 0 Å². The number of pyridine rings is 1. The number of piperidine rings is 1. The van der Waals surface area contributed by atoms with Gasteiger partial charge in [-0.1, -0.05) is 47.6 Å². The van der Waals surface area contributed by atoms with E-state index in [0.717, 1.165) is 48.1 Å². The van der Waals surface area contributed by atoms with Gasteiger partial charge in [0.1, 0.15) is 16.9 Å². The zero-order valence-electron chi connectivity index (χ0n) is 22.1. The second-order valence-electron chi connectivity index (χ2n) is 11.2. The Hall–Kier alpha value is -2.57. The maximum Gasteiger partial charge on any atom is 0.212 e. The van der Waals surface area contributed by atoms with Gasteiger partial charge in [0.05, 0.1) is 16.0 Å². The number of nitrogens with one attached hydrogen (secondary N) is 1. The van der Waals surface area contributed by atoms with E-state index in [1.54, 1.807) is 12.5 Å². The molecule has 0 saturated carbocycles. The van der Waals surface area contributed by atoms with Crippen molar-refractivity contribution in [3.63, 3.8) is 0 Å². The van der Waals surface area contributed by atoms with E-state index in [-0.39, 0.29) is 16.2 Å². The van der Waals surface area contributed by atoms with Crippen molar-refractivity contribution in [2.24, 2.45) is 5.41 Å². The molecule has 1 saturated heterocycles. The quantitative estimate of drug-likeness (QED) is 0.318. The maximum absolute atomic E-state index is 13.2. The van der Waals surface area contributed by atoms with E-state index in [9.17, 15) is 4.55 Å². The molecule has 1 spiro atoms. The van der Waals surface area contributed by atoms with E-state index in [1.165, 1.54) is 22.9 Å². The van der Waals surface area contributed by atoms with Crippen LogP contribution < -0.4 is 15.4 Å². The summed E-state index contributed by atoms with van der Waals surface area (Å²) >= 11 is 6.66. The molecule has 6 rings (SSSR count). The Kier molecular flexibility index (Phi) is 6.91. The Balaban J connectivity index is 1.25. The van der Waals surface area contributed by atoms with Gasteiger partial charge in [-0.25, -0.2) is 14.4 Å². The molecule has 4 heterocycles. The van der Waals surface area contributed by atoms with Crippen LogP contribution in [0.4, 0.5) is 11.8 Å². The van der Waals surface area contributed by atoms with Gasteiger partial charge in [-0.05, 0) is 57.2 Å². The van der Waals surface area contributed by atoms with Crippen LogP contribution in [0.1, 0.15) is 50.8 Å². The number of anilines is 2. The smallest absolute Gasteiger partial charge is 0.212 e. The van der Waals surface area contributed by atoms with Crippen LogP contribution in [0.3, 0.4) is 0 Å². The molecule has 204 valence electrons. The lowest BCUT2D eigenvalue weighted by atomic mass is 9.73. The van der Waals surface area contributed by atoms with Crippen molar-refractivity contribution in [3.8, 4) is 0 Å². The first-order chi connectivity index (χ1) is 18.7. The molecule has 0 amide bonds. The van der Waals surface area contributed by atoms with Crippen LogP contribution >= 0.6 is 23.4 Å². The molecular formula is C27H31ClN8OS2. The molecule has 0 radical (unpaired) electrons. The van der Waals surface area contributed by atoms with Gasteiger partial charge in [0.15, 0.2) is 5.65 Å². The molecule has 1 fully saturated rings. The predicted octanol–water partition coefficient (Wildman–Crippen LogP) is 4.84. The van der Waals surface area contributed by atoms with Crippen molar-refractivity contribution in [2.75, 3.05) is 23.7 Å². The summed E-state index contributed by atoms with van der Waals surface area (Å²) in [5.41, 5.74) is 9.23. The Bertz CT molecular complexity index is 1520. The van der Waals surface area contributed by atoms with Crippen molar-refractivity contribution in [3.05, 3.63) is 65.2 Å². The Labute approximate surface area is 240 Å². The Morgan fingerprint density at radius 3 is 2.69 bits per heavy atom. The molecule has 1 aromatic carbocycles. The molecule has 2 aliphatic rings. The molecule has 2 atom stereocenters. The first-order valence-corrected chi connectivity index (χ1v) is 15.3. The van der Waals surface area contributed by atoms with Crippen molar-refractivity contribution < 1.29 is 4.55 Å². The number of hydrogen-bond acceptors (Lipinski definition) is 9.